The number of nitrogen functional groups attached to an aromatic ring is 1. The summed E-state index contributed by atoms with van der Waals surface area (Å²) in [5.74, 6) is 0.868. The van der Waals surface area contributed by atoms with Gasteiger partial charge in [-0.2, -0.15) is 5.26 Å². The predicted molar refractivity (Wildman–Crippen MR) is 84.0 cm³/mol. The number of benzene rings is 1. The molecule has 0 unspecified atom stereocenters. The Bertz CT molecular complexity index is 670. The molecule has 0 aliphatic carbocycles. The number of nitrogens with two attached hydrogens (primary N) is 1. The van der Waals surface area contributed by atoms with Crippen LogP contribution in [0.5, 0.6) is 0 Å². The molecule has 0 amide bonds. The Balaban J connectivity index is 2.21. The zero-order valence-electron chi connectivity index (χ0n) is 10.6. The number of hydrogen-bond acceptors (Lipinski definition) is 6. The fraction of sp³-hybridized carbons (Fsp3) is 0.154. The minimum absolute atomic E-state index is 0.216. The van der Waals surface area contributed by atoms with Crippen LogP contribution >= 0.6 is 35.1 Å². The molecule has 20 heavy (non-hydrogen) atoms. The van der Waals surface area contributed by atoms with Crippen LogP contribution in [0.4, 0.5) is 5.82 Å². The van der Waals surface area contributed by atoms with Gasteiger partial charge in [-0.25, -0.2) is 9.97 Å². The Hall–Kier alpha value is -1.42. The number of aromatic nitrogens is 2. The number of halogens is 1. The molecular weight excluding hydrogens is 312 g/mol. The smallest absolute Gasteiger partial charge is 0.190 e. The van der Waals surface area contributed by atoms with E-state index in [1.807, 2.05) is 36.6 Å². The summed E-state index contributed by atoms with van der Waals surface area (Å²) in [5, 5.41) is 10.9. The monoisotopic (exact) mass is 322 g/mol. The highest BCUT2D eigenvalue weighted by Gasteiger charge is 2.12. The number of rotatable bonds is 4. The lowest BCUT2D eigenvalue weighted by molar-refractivity contribution is 0.891. The second-order valence-corrected chi connectivity index (χ2v) is 5.91. The van der Waals surface area contributed by atoms with E-state index in [4.69, 9.17) is 22.6 Å². The summed E-state index contributed by atoms with van der Waals surface area (Å²) in [4.78, 5) is 8.48. The highest BCUT2D eigenvalue weighted by molar-refractivity contribution is 7.99. The average Bonchev–Trinajstić information content (AvgIpc) is 2.45. The van der Waals surface area contributed by atoms with E-state index < -0.39 is 0 Å². The van der Waals surface area contributed by atoms with E-state index in [2.05, 4.69) is 9.97 Å². The summed E-state index contributed by atoms with van der Waals surface area (Å²) in [7, 11) is 0. The molecule has 0 radical (unpaired) electrons. The molecule has 2 rings (SSSR count). The Morgan fingerprint density at radius 3 is 2.75 bits per heavy atom. The first-order chi connectivity index (χ1) is 9.65. The minimum atomic E-state index is 0.216. The van der Waals surface area contributed by atoms with Gasteiger partial charge in [0.15, 0.2) is 5.16 Å². The van der Waals surface area contributed by atoms with E-state index in [1.54, 1.807) is 0 Å². The molecule has 0 spiro atoms. The second-order valence-electron chi connectivity index (χ2n) is 3.77. The van der Waals surface area contributed by atoms with Crippen molar-refractivity contribution in [2.24, 2.45) is 0 Å². The maximum atomic E-state index is 9.02. The number of nitrogens with zero attached hydrogens (tertiary/aromatic N) is 3. The number of thioether (sulfide) groups is 2. The Morgan fingerprint density at radius 2 is 2.10 bits per heavy atom. The zero-order valence-corrected chi connectivity index (χ0v) is 13.0. The molecule has 1 aromatic heterocycles. The quantitative estimate of drug-likeness (QED) is 0.526. The van der Waals surface area contributed by atoms with Crippen molar-refractivity contribution in [3.63, 3.8) is 0 Å². The van der Waals surface area contributed by atoms with Gasteiger partial charge in [-0.3, -0.25) is 0 Å². The predicted octanol–water partition coefficient (Wildman–Crippen LogP) is 3.60. The third-order valence-electron chi connectivity index (χ3n) is 2.50. The molecule has 0 aliphatic rings. The SMILES string of the molecule is CSc1nc(SCc2ccccc2Cl)nc(N)c1C#N. The summed E-state index contributed by atoms with van der Waals surface area (Å²) >= 11 is 8.92. The molecule has 7 heteroatoms. The Labute approximate surface area is 130 Å². The first kappa shape index (κ1) is 15.0. The van der Waals surface area contributed by atoms with Crippen molar-refractivity contribution in [2.45, 2.75) is 15.9 Å². The van der Waals surface area contributed by atoms with Gasteiger partial charge in [-0.05, 0) is 17.9 Å². The van der Waals surface area contributed by atoms with Gasteiger partial charge in [0.05, 0.1) is 0 Å². The second kappa shape index (κ2) is 6.84. The van der Waals surface area contributed by atoms with Gasteiger partial charge < -0.3 is 5.73 Å². The van der Waals surface area contributed by atoms with Gasteiger partial charge in [0, 0.05) is 10.8 Å². The van der Waals surface area contributed by atoms with Crippen LogP contribution in [0.1, 0.15) is 11.1 Å². The zero-order chi connectivity index (χ0) is 14.5. The third kappa shape index (κ3) is 3.37. The van der Waals surface area contributed by atoms with Crippen LogP contribution in [0.15, 0.2) is 34.4 Å². The molecular formula is C13H11ClN4S2. The van der Waals surface area contributed by atoms with Crippen LogP contribution in [0.25, 0.3) is 0 Å². The van der Waals surface area contributed by atoms with Crippen molar-refractivity contribution in [1.82, 2.24) is 9.97 Å². The number of anilines is 1. The average molecular weight is 323 g/mol. The minimum Gasteiger partial charge on any atom is -0.382 e. The summed E-state index contributed by atoms with van der Waals surface area (Å²) < 4.78 is 0. The van der Waals surface area contributed by atoms with Crippen LogP contribution in [0, 0.1) is 11.3 Å². The van der Waals surface area contributed by atoms with Crippen molar-refractivity contribution in [3.8, 4) is 6.07 Å². The molecule has 0 fully saturated rings. The summed E-state index contributed by atoms with van der Waals surface area (Å²) in [6.07, 6.45) is 1.85. The van der Waals surface area contributed by atoms with Crippen molar-refractivity contribution < 1.29 is 0 Å². The topological polar surface area (TPSA) is 75.6 Å². The van der Waals surface area contributed by atoms with E-state index in [0.29, 0.717) is 26.5 Å². The molecule has 0 bridgehead atoms. The van der Waals surface area contributed by atoms with Crippen molar-refractivity contribution in [3.05, 3.63) is 40.4 Å². The third-order valence-corrected chi connectivity index (χ3v) is 4.45. The van der Waals surface area contributed by atoms with Gasteiger partial charge in [0.1, 0.15) is 22.5 Å². The maximum Gasteiger partial charge on any atom is 0.190 e. The fourth-order valence-corrected chi connectivity index (χ4v) is 3.24. The van der Waals surface area contributed by atoms with Crippen LogP contribution in [-0.2, 0) is 5.75 Å². The molecule has 0 atom stereocenters. The van der Waals surface area contributed by atoms with E-state index >= 15 is 0 Å². The molecule has 4 nitrogen and oxygen atoms in total. The molecule has 2 aromatic rings. The highest BCUT2D eigenvalue weighted by Crippen LogP contribution is 2.28. The lowest BCUT2D eigenvalue weighted by atomic mass is 10.2. The molecule has 1 heterocycles. The molecule has 1 aromatic carbocycles. The van der Waals surface area contributed by atoms with Crippen LogP contribution in [-0.4, -0.2) is 16.2 Å². The van der Waals surface area contributed by atoms with Crippen LogP contribution in [0.2, 0.25) is 5.02 Å². The first-order valence-corrected chi connectivity index (χ1v) is 8.22. The van der Waals surface area contributed by atoms with E-state index in [9.17, 15) is 0 Å². The molecule has 0 saturated heterocycles. The summed E-state index contributed by atoms with van der Waals surface area (Å²) in [6.45, 7) is 0. The Morgan fingerprint density at radius 1 is 1.35 bits per heavy atom. The molecule has 0 saturated carbocycles. The lowest BCUT2D eigenvalue weighted by Crippen LogP contribution is -2.01. The largest absolute Gasteiger partial charge is 0.382 e. The van der Waals surface area contributed by atoms with Crippen molar-refractivity contribution in [2.75, 3.05) is 12.0 Å². The van der Waals surface area contributed by atoms with Crippen molar-refractivity contribution >= 4 is 40.9 Å². The molecule has 0 aliphatic heterocycles. The van der Waals surface area contributed by atoms with Crippen LogP contribution in [0.3, 0.4) is 0 Å². The summed E-state index contributed by atoms with van der Waals surface area (Å²) in [6, 6.07) is 9.65. The van der Waals surface area contributed by atoms with Gasteiger partial charge in [-0.1, -0.05) is 41.6 Å². The first-order valence-electron chi connectivity index (χ1n) is 5.63. The van der Waals surface area contributed by atoms with E-state index in [1.165, 1.54) is 23.5 Å². The normalized spacial score (nSPS) is 10.2. The molecule has 102 valence electrons. The standard InChI is InChI=1S/C13H11ClN4S2/c1-19-12-9(6-15)11(16)17-13(18-12)20-7-8-4-2-3-5-10(8)14/h2-5H,7H2,1H3,(H2,16,17,18). The van der Waals surface area contributed by atoms with Gasteiger partial charge >= 0.3 is 0 Å². The van der Waals surface area contributed by atoms with Crippen molar-refractivity contribution in [1.29, 1.82) is 5.26 Å². The Kier molecular flexibility index (Phi) is 5.12. The summed E-state index contributed by atoms with van der Waals surface area (Å²) in [5.41, 5.74) is 7.12. The van der Waals surface area contributed by atoms with Gasteiger partial charge in [0.25, 0.3) is 0 Å². The fourth-order valence-electron chi connectivity index (χ4n) is 1.51. The lowest BCUT2D eigenvalue weighted by Gasteiger charge is -2.07. The van der Waals surface area contributed by atoms with Crippen LogP contribution < -0.4 is 5.73 Å². The van der Waals surface area contributed by atoms with E-state index in [0.717, 1.165) is 5.56 Å². The number of hydrogen-bond donors (Lipinski definition) is 1. The van der Waals surface area contributed by atoms with E-state index in [-0.39, 0.29) is 5.82 Å². The molecule has 2 N–H and O–H groups in total. The van der Waals surface area contributed by atoms with Gasteiger partial charge in [-0.15, -0.1) is 11.8 Å². The maximum absolute atomic E-state index is 9.02. The number of nitriles is 1. The highest BCUT2D eigenvalue weighted by atomic mass is 35.5. The van der Waals surface area contributed by atoms with Gasteiger partial charge in [0.2, 0.25) is 0 Å².